The number of halogens is 1. The van der Waals surface area contributed by atoms with Gasteiger partial charge in [0.1, 0.15) is 0 Å². The molecule has 0 spiro atoms. The molecule has 1 aromatic rings. The minimum absolute atomic E-state index is 0.0215. The first kappa shape index (κ1) is 14.8. The molecule has 0 heterocycles. The normalized spacial score (nSPS) is 29.0. The largest absolute Gasteiger partial charge is 0.350 e. The van der Waals surface area contributed by atoms with Gasteiger partial charge in [0.15, 0.2) is 0 Å². The lowest BCUT2D eigenvalue weighted by atomic mass is 9.84. The van der Waals surface area contributed by atoms with E-state index in [1.54, 1.807) is 6.08 Å². The number of carbonyl (C=O) groups excluding carboxylic acids is 1. The predicted molar refractivity (Wildman–Crippen MR) is 89.7 cm³/mol. The third-order valence-electron chi connectivity index (χ3n) is 5.10. The van der Waals surface area contributed by atoms with Gasteiger partial charge >= 0.3 is 0 Å². The average molecular weight is 348 g/mol. The number of rotatable bonds is 4. The molecule has 21 heavy (non-hydrogen) atoms. The van der Waals surface area contributed by atoms with Crippen molar-refractivity contribution in [2.45, 2.75) is 38.6 Å². The van der Waals surface area contributed by atoms with Crippen molar-refractivity contribution in [2.24, 2.45) is 17.8 Å². The first-order chi connectivity index (χ1) is 10.1. The number of fused-ring (bicyclic) bond motifs is 2. The van der Waals surface area contributed by atoms with E-state index in [2.05, 4.69) is 28.2 Å². The standard InChI is InChI=1S/C18H22BrNO/c1-12(17-11-14-2-6-15(17)10-14)20-18(21)9-5-13-3-7-16(19)8-4-13/h3-5,7-9,12,14-15,17H,2,6,10-11H2,1H3,(H,20,21)/b9-5+/t12-,14+,15+,17+/m0/s1. The van der Waals surface area contributed by atoms with E-state index in [1.165, 1.54) is 25.7 Å². The molecule has 4 atom stereocenters. The van der Waals surface area contributed by atoms with Gasteiger partial charge in [-0.15, -0.1) is 0 Å². The summed E-state index contributed by atoms with van der Waals surface area (Å²) in [5.74, 6) is 2.49. The summed E-state index contributed by atoms with van der Waals surface area (Å²) >= 11 is 3.41. The third kappa shape index (κ3) is 3.57. The Labute approximate surface area is 135 Å². The molecule has 2 bridgehead atoms. The molecule has 0 unspecified atom stereocenters. The van der Waals surface area contributed by atoms with Gasteiger partial charge in [0.2, 0.25) is 5.91 Å². The molecule has 0 aromatic heterocycles. The van der Waals surface area contributed by atoms with Crippen LogP contribution in [-0.2, 0) is 4.79 Å². The van der Waals surface area contributed by atoms with Crippen molar-refractivity contribution in [2.75, 3.05) is 0 Å². The van der Waals surface area contributed by atoms with Crippen molar-refractivity contribution in [3.63, 3.8) is 0 Å². The lowest BCUT2D eigenvalue weighted by molar-refractivity contribution is -0.117. The number of amides is 1. The lowest BCUT2D eigenvalue weighted by Crippen LogP contribution is -2.39. The summed E-state index contributed by atoms with van der Waals surface area (Å²) in [6.07, 6.45) is 8.99. The minimum atomic E-state index is 0.0215. The van der Waals surface area contributed by atoms with E-state index in [9.17, 15) is 4.79 Å². The molecule has 0 radical (unpaired) electrons. The van der Waals surface area contributed by atoms with Gasteiger partial charge in [-0.1, -0.05) is 34.5 Å². The monoisotopic (exact) mass is 347 g/mol. The molecule has 0 saturated heterocycles. The maximum Gasteiger partial charge on any atom is 0.244 e. The molecule has 1 N–H and O–H groups in total. The Hall–Kier alpha value is -1.09. The topological polar surface area (TPSA) is 29.1 Å². The summed E-state index contributed by atoms with van der Waals surface area (Å²) in [4.78, 5) is 12.0. The van der Waals surface area contributed by atoms with Crippen LogP contribution in [0.1, 0.15) is 38.2 Å². The molecule has 2 nitrogen and oxygen atoms in total. The zero-order valence-corrected chi connectivity index (χ0v) is 14.0. The lowest BCUT2D eigenvalue weighted by Gasteiger charge is -2.28. The fraction of sp³-hybridized carbons (Fsp3) is 0.500. The van der Waals surface area contributed by atoms with E-state index in [0.29, 0.717) is 12.0 Å². The zero-order chi connectivity index (χ0) is 14.8. The fourth-order valence-corrected chi connectivity index (χ4v) is 4.30. The van der Waals surface area contributed by atoms with E-state index in [1.807, 2.05) is 30.3 Å². The van der Waals surface area contributed by atoms with Gasteiger partial charge in [-0.25, -0.2) is 0 Å². The van der Waals surface area contributed by atoms with Crippen LogP contribution in [0.5, 0.6) is 0 Å². The molecule has 2 fully saturated rings. The van der Waals surface area contributed by atoms with E-state index < -0.39 is 0 Å². The number of carbonyl (C=O) groups is 1. The van der Waals surface area contributed by atoms with Crippen molar-refractivity contribution in [1.29, 1.82) is 0 Å². The highest BCUT2D eigenvalue weighted by molar-refractivity contribution is 9.10. The van der Waals surface area contributed by atoms with Crippen LogP contribution >= 0.6 is 15.9 Å². The van der Waals surface area contributed by atoms with Crippen LogP contribution in [-0.4, -0.2) is 11.9 Å². The highest BCUT2D eigenvalue weighted by Crippen LogP contribution is 2.49. The Kier molecular flexibility index (Phi) is 4.48. The Morgan fingerprint density at radius 3 is 2.67 bits per heavy atom. The predicted octanol–water partition coefficient (Wildman–Crippen LogP) is 4.40. The van der Waals surface area contributed by atoms with Gasteiger partial charge in [-0.2, -0.15) is 0 Å². The van der Waals surface area contributed by atoms with Gasteiger partial charge in [-0.3, -0.25) is 4.79 Å². The van der Waals surface area contributed by atoms with Crippen LogP contribution in [0.2, 0.25) is 0 Å². The van der Waals surface area contributed by atoms with Crippen LogP contribution in [0.25, 0.3) is 6.08 Å². The second-order valence-corrected chi connectivity index (χ2v) is 7.44. The van der Waals surface area contributed by atoms with Gasteiger partial charge in [0, 0.05) is 16.6 Å². The number of benzene rings is 1. The fourth-order valence-electron chi connectivity index (χ4n) is 4.03. The molecular formula is C18H22BrNO. The van der Waals surface area contributed by atoms with Gasteiger partial charge < -0.3 is 5.32 Å². The molecule has 112 valence electrons. The van der Waals surface area contributed by atoms with Gasteiger partial charge in [-0.05, 0) is 67.7 Å². The summed E-state index contributed by atoms with van der Waals surface area (Å²) in [7, 11) is 0. The number of hydrogen-bond donors (Lipinski definition) is 1. The minimum Gasteiger partial charge on any atom is -0.350 e. The van der Waals surface area contributed by atoms with Crippen LogP contribution in [0.4, 0.5) is 0 Å². The molecule has 1 aromatic carbocycles. The third-order valence-corrected chi connectivity index (χ3v) is 5.63. The molecular weight excluding hydrogens is 326 g/mol. The molecule has 2 saturated carbocycles. The first-order valence-electron chi connectivity index (χ1n) is 7.86. The smallest absolute Gasteiger partial charge is 0.244 e. The molecule has 0 aliphatic heterocycles. The first-order valence-corrected chi connectivity index (χ1v) is 8.65. The maximum atomic E-state index is 12.0. The zero-order valence-electron chi connectivity index (χ0n) is 12.4. The Bertz CT molecular complexity index is 537. The Morgan fingerprint density at radius 2 is 2.05 bits per heavy atom. The van der Waals surface area contributed by atoms with Gasteiger partial charge in [0.25, 0.3) is 0 Å². The van der Waals surface area contributed by atoms with Crippen molar-refractivity contribution in [3.05, 3.63) is 40.4 Å². The molecule has 2 aliphatic rings. The molecule has 2 aliphatic carbocycles. The average Bonchev–Trinajstić information content (AvgIpc) is 3.09. The Balaban J connectivity index is 1.53. The second kappa shape index (κ2) is 6.35. The highest BCUT2D eigenvalue weighted by Gasteiger charge is 2.41. The van der Waals surface area contributed by atoms with Crippen LogP contribution < -0.4 is 5.32 Å². The number of nitrogens with one attached hydrogen (secondary N) is 1. The van der Waals surface area contributed by atoms with Crippen molar-refractivity contribution < 1.29 is 4.79 Å². The van der Waals surface area contributed by atoms with Crippen molar-refractivity contribution in [3.8, 4) is 0 Å². The van der Waals surface area contributed by atoms with E-state index >= 15 is 0 Å². The summed E-state index contributed by atoms with van der Waals surface area (Å²) in [5, 5.41) is 3.15. The summed E-state index contributed by atoms with van der Waals surface area (Å²) in [5.41, 5.74) is 1.04. The van der Waals surface area contributed by atoms with Gasteiger partial charge in [0.05, 0.1) is 0 Å². The van der Waals surface area contributed by atoms with Crippen LogP contribution in [0.15, 0.2) is 34.8 Å². The SMILES string of the molecule is C[C@H](NC(=O)/C=C/c1ccc(Br)cc1)[C@H]1C[C@@H]2CC[C@@H]1C2. The molecule has 1 amide bonds. The van der Waals surface area contributed by atoms with E-state index in [4.69, 9.17) is 0 Å². The quantitative estimate of drug-likeness (QED) is 0.803. The Morgan fingerprint density at radius 1 is 1.29 bits per heavy atom. The van der Waals surface area contributed by atoms with Crippen LogP contribution in [0, 0.1) is 17.8 Å². The van der Waals surface area contributed by atoms with Crippen molar-refractivity contribution >= 4 is 27.9 Å². The maximum absolute atomic E-state index is 12.0. The molecule has 3 heteroatoms. The summed E-state index contributed by atoms with van der Waals surface area (Å²) in [6.45, 7) is 2.16. The second-order valence-electron chi connectivity index (χ2n) is 6.52. The highest BCUT2D eigenvalue weighted by atomic mass is 79.9. The van der Waals surface area contributed by atoms with E-state index in [-0.39, 0.29) is 5.91 Å². The summed E-state index contributed by atoms with van der Waals surface area (Å²) in [6, 6.07) is 8.24. The molecule has 3 rings (SSSR count). The van der Waals surface area contributed by atoms with Crippen molar-refractivity contribution in [1.82, 2.24) is 5.32 Å². The summed E-state index contributed by atoms with van der Waals surface area (Å²) < 4.78 is 1.05. The van der Waals surface area contributed by atoms with E-state index in [0.717, 1.165) is 21.9 Å². The van der Waals surface area contributed by atoms with Crippen LogP contribution in [0.3, 0.4) is 0 Å². The number of hydrogen-bond acceptors (Lipinski definition) is 1.